The van der Waals surface area contributed by atoms with Crippen molar-refractivity contribution in [1.82, 2.24) is 0 Å². The second-order valence-electron chi connectivity index (χ2n) is 4.30. The molecule has 7 heteroatoms. The van der Waals surface area contributed by atoms with Gasteiger partial charge in [-0.3, -0.25) is 0 Å². The second-order valence-corrected chi connectivity index (χ2v) is 5.14. The van der Waals surface area contributed by atoms with E-state index < -0.39 is 29.2 Å². The van der Waals surface area contributed by atoms with Crippen molar-refractivity contribution in [2.75, 3.05) is 0 Å². The molecule has 0 aliphatic carbocycles. The molecule has 0 aromatic heterocycles. The molecule has 0 heterocycles. The molecule has 0 aliphatic heterocycles. The van der Waals surface area contributed by atoms with Crippen LogP contribution in [0.4, 0.5) is 17.6 Å². The van der Waals surface area contributed by atoms with E-state index in [4.69, 9.17) is 23.2 Å². The summed E-state index contributed by atoms with van der Waals surface area (Å²) in [6, 6.07) is 6.11. The molecule has 0 amide bonds. The van der Waals surface area contributed by atoms with Crippen molar-refractivity contribution in [2.24, 2.45) is 0 Å². The van der Waals surface area contributed by atoms with Gasteiger partial charge in [0.2, 0.25) is 0 Å². The third kappa shape index (κ3) is 3.48. The Bertz CT molecular complexity index is 671. The van der Waals surface area contributed by atoms with Gasteiger partial charge >= 0.3 is 6.18 Å². The van der Waals surface area contributed by atoms with Crippen LogP contribution >= 0.6 is 23.2 Å². The molecule has 1 unspecified atom stereocenters. The molecule has 1 atom stereocenters. The van der Waals surface area contributed by atoms with Gasteiger partial charge in [-0.25, -0.2) is 4.39 Å². The summed E-state index contributed by atoms with van der Waals surface area (Å²) in [5.74, 6) is -1.05. The molecular weight excluding hydrogens is 331 g/mol. The summed E-state index contributed by atoms with van der Waals surface area (Å²) in [6.07, 6.45) is -6.47. The first-order chi connectivity index (χ1) is 9.70. The van der Waals surface area contributed by atoms with Gasteiger partial charge in [0.1, 0.15) is 11.9 Å². The molecule has 0 radical (unpaired) electrons. The monoisotopic (exact) mass is 338 g/mol. The molecule has 0 saturated carbocycles. The summed E-state index contributed by atoms with van der Waals surface area (Å²) in [4.78, 5) is 0. The van der Waals surface area contributed by atoms with E-state index in [0.717, 1.165) is 12.1 Å². The van der Waals surface area contributed by atoms with Crippen LogP contribution < -0.4 is 0 Å². The summed E-state index contributed by atoms with van der Waals surface area (Å²) in [6.45, 7) is 0. The molecule has 0 saturated heterocycles. The summed E-state index contributed by atoms with van der Waals surface area (Å²) in [5, 5.41) is 10.4. The van der Waals surface area contributed by atoms with E-state index in [1.807, 2.05) is 0 Å². The van der Waals surface area contributed by atoms with E-state index >= 15 is 0 Å². The second kappa shape index (κ2) is 5.83. The predicted molar refractivity (Wildman–Crippen MR) is 71.9 cm³/mol. The van der Waals surface area contributed by atoms with Gasteiger partial charge in [-0.05, 0) is 35.9 Å². The van der Waals surface area contributed by atoms with Crippen LogP contribution in [0.25, 0.3) is 0 Å². The van der Waals surface area contributed by atoms with Gasteiger partial charge in [-0.1, -0.05) is 29.3 Å². The van der Waals surface area contributed by atoms with Gasteiger partial charge in [0.15, 0.2) is 0 Å². The summed E-state index contributed by atoms with van der Waals surface area (Å²) in [7, 11) is 0. The Balaban J connectivity index is 2.58. The fourth-order valence-corrected chi connectivity index (χ4v) is 2.31. The molecule has 0 bridgehead atoms. The Hall–Kier alpha value is -1.30. The number of aliphatic hydroxyl groups is 1. The molecule has 1 nitrogen and oxygen atoms in total. The van der Waals surface area contributed by atoms with Crippen molar-refractivity contribution in [3.63, 3.8) is 0 Å². The first-order valence-corrected chi connectivity index (χ1v) is 6.45. The first-order valence-electron chi connectivity index (χ1n) is 5.70. The van der Waals surface area contributed by atoms with E-state index in [-0.39, 0.29) is 15.6 Å². The van der Waals surface area contributed by atoms with Gasteiger partial charge in [0.25, 0.3) is 0 Å². The van der Waals surface area contributed by atoms with Gasteiger partial charge in [-0.15, -0.1) is 0 Å². The van der Waals surface area contributed by atoms with E-state index in [0.29, 0.717) is 6.07 Å². The molecule has 2 aromatic rings. The minimum absolute atomic E-state index is 0.0151. The Morgan fingerprint density at radius 3 is 2.24 bits per heavy atom. The van der Waals surface area contributed by atoms with Gasteiger partial charge in [0.05, 0.1) is 5.56 Å². The Morgan fingerprint density at radius 2 is 1.62 bits per heavy atom. The van der Waals surface area contributed by atoms with Crippen molar-refractivity contribution in [2.45, 2.75) is 12.3 Å². The number of hydrogen-bond donors (Lipinski definition) is 1. The van der Waals surface area contributed by atoms with E-state index in [2.05, 4.69) is 0 Å². The molecule has 0 fully saturated rings. The minimum atomic E-state index is -4.80. The zero-order chi connectivity index (χ0) is 15.8. The molecule has 0 aliphatic rings. The van der Waals surface area contributed by atoms with Crippen LogP contribution in [0.5, 0.6) is 0 Å². The summed E-state index contributed by atoms with van der Waals surface area (Å²) < 4.78 is 51.9. The van der Waals surface area contributed by atoms with Gasteiger partial charge in [0, 0.05) is 15.6 Å². The van der Waals surface area contributed by atoms with Crippen LogP contribution in [0.3, 0.4) is 0 Å². The maximum absolute atomic E-state index is 13.1. The van der Waals surface area contributed by atoms with Crippen molar-refractivity contribution < 1.29 is 22.7 Å². The third-order valence-corrected chi connectivity index (χ3v) is 3.45. The highest BCUT2D eigenvalue weighted by Gasteiger charge is 2.36. The number of halogens is 6. The van der Waals surface area contributed by atoms with Gasteiger partial charge in [-0.2, -0.15) is 13.2 Å². The standard InChI is InChI=1S/C14H8Cl2F4O/c15-7-1-4-12(16)10(5-7)13(21)9-3-2-8(17)6-11(9)14(18,19)20/h1-6,13,21H. The maximum Gasteiger partial charge on any atom is 0.416 e. The molecule has 2 rings (SSSR count). The minimum Gasteiger partial charge on any atom is -0.384 e. The topological polar surface area (TPSA) is 20.2 Å². The fourth-order valence-electron chi connectivity index (χ4n) is 1.90. The lowest BCUT2D eigenvalue weighted by atomic mass is 9.96. The SMILES string of the molecule is OC(c1cc(Cl)ccc1Cl)c1ccc(F)cc1C(F)(F)F. The van der Waals surface area contributed by atoms with Crippen LogP contribution in [0.2, 0.25) is 10.0 Å². The van der Waals surface area contributed by atoms with Crippen LogP contribution in [-0.2, 0) is 6.18 Å². The number of alkyl halides is 3. The molecule has 1 N–H and O–H groups in total. The van der Waals surface area contributed by atoms with Crippen molar-refractivity contribution >= 4 is 23.2 Å². The zero-order valence-corrected chi connectivity index (χ0v) is 11.8. The van der Waals surface area contributed by atoms with E-state index in [1.54, 1.807) is 0 Å². The van der Waals surface area contributed by atoms with Crippen molar-refractivity contribution in [1.29, 1.82) is 0 Å². The fraction of sp³-hybridized carbons (Fsp3) is 0.143. The number of aliphatic hydroxyl groups excluding tert-OH is 1. The van der Waals surface area contributed by atoms with Crippen LogP contribution in [0.1, 0.15) is 22.8 Å². The van der Waals surface area contributed by atoms with E-state index in [9.17, 15) is 22.7 Å². The highest BCUT2D eigenvalue weighted by molar-refractivity contribution is 6.33. The van der Waals surface area contributed by atoms with Crippen LogP contribution in [0.15, 0.2) is 36.4 Å². The molecule has 2 aromatic carbocycles. The largest absolute Gasteiger partial charge is 0.416 e. The lowest BCUT2D eigenvalue weighted by Crippen LogP contribution is -2.13. The normalized spacial score (nSPS) is 13.3. The quantitative estimate of drug-likeness (QED) is 0.743. The van der Waals surface area contributed by atoms with Crippen molar-refractivity contribution in [3.05, 3.63) is 69.0 Å². The predicted octanol–water partition coefficient (Wildman–Crippen LogP) is 5.23. The number of benzene rings is 2. The number of rotatable bonds is 2. The lowest BCUT2D eigenvalue weighted by Gasteiger charge is -2.19. The molecular formula is C14H8Cl2F4O. The van der Waals surface area contributed by atoms with E-state index in [1.165, 1.54) is 18.2 Å². The maximum atomic E-state index is 13.1. The molecule has 112 valence electrons. The average Bonchev–Trinajstić information content (AvgIpc) is 2.40. The lowest BCUT2D eigenvalue weighted by molar-refractivity contribution is -0.139. The van der Waals surface area contributed by atoms with Gasteiger partial charge < -0.3 is 5.11 Å². The number of hydrogen-bond acceptors (Lipinski definition) is 1. The van der Waals surface area contributed by atoms with Crippen molar-refractivity contribution in [3.8, 4) is 0 Å². The molecule has 21 heavy (non-hydrogen) atoms. The highest BCUT2D eigenvalue weighted by atomic mass is 35.5. The Labute approximate surface area is 127 Å². The third-order valence-electron chi connectivity index (χ3n) is 2.87. The summed E-state index contributed by atoms with van der Waals surface area (Å²) >= 11 is 11.6. The summed E-state index contributed by atoms with van der Waals surface area (Å²) in [5.41, 5.74) is -1.74. The Morgan fingerprint density at radius 1 is 0.952 bits per heavy atom. The average molecular weight is 339 g/mol. The van der Waals surface area contributed by atoms with Crippen LogP contribution in [0, 0.1) is 5.82 Å². The zero-order valence-electron chi connectivity index (χ0n) is 10.3. The smallest absolute Gasteiger partial charge is 0.384 e. The molecule has 0 spiro atoms. The first kappa shape index (κ1) is 16.1. The highest BCUT2D eigenvalue weighted by Crippen LogP contribution is 2.39. The van der Waals surface area contributed by atoms with Crippen LogP contribution in [-0.4, -0.2) is 5.11 Å². The Kier molecular flexibility index (Phi) is 4.46.